The van der Waals surface area contributed by atoms with Crippen LogP contribution in [0.1, 0.15) is 45.7 Å². The summed E-state index contributed by atoms with van der Waals surface area (Å²) in [4.78, 5) is 0. The van der Waals surface area contributed by atoms with E-state index in [0.29, 0.717) is 12.1 Å². The van der Waals surface area contributed by atoms with Crippen molar-refractivity contribution >= 4 is 0 Å². The SMILES string of the molecule is COC(C)(C)CC(C)NC(C)c1cn[nH]c1. The van der Waals surface area contributed by atoms with Gasteiger partial charge in [-0.25, -0.2) is 0 Å². The Kier molecular flexibility index (Phi) is 4.50. The van der Waals surface area contributed by atoms with E-state index in [1.807, 2.05) is 12.4 Å². The summed E-state index contributed by atoms with van der Waals surface area (Å²) in [5, 5.41) is 10.3. The highest BCUT2D eigenvalue weighted by molar-refractivity contribution is 5.08. The Morgan fingerprint density at radius 2 is 2.19 bits per heavy atom. The quantitative estimate of drug-likeness (QED) is 0.780. The molecular formula is C12H23N3O. The monoisotopic (exact) mass is 225 g/mol. The highest BCUT2D eigenvalue weighted by Crippen LogP contribution is 2.18. The first-order chi connectivity index (χ1) is 7.44. The van der Waals surface area contributed by atoms with Gasteiger partial charge in [-0.15, -0.1) is 0 Å². The Bertz CT molecular complexity index is 295. The molecule has 0 aliphatic rings. The molecule has 0 radical (unpaired) electrons. The van der Waals surface area contributed by atoms with Gasteiger partial charge in [-0.2, -0.15) is 5.10 Å². The highest BCUT2D eigenvalue weighted by Gasteiger charge is 2.21. The number of nitrogens with zero attached hydrogens (tertiary/aromatic N) is 1. The summed E-state index contributed by atoms with van der Waals surface area (Å²) in [5.41, 5.74) is 1.10. The Balaban J connectivity index is 2.43. The number of hydrogen-bond acceptors (Lipinski definition) is 3. The lowest BCUT2D eigenvalue weighted by Gasteiger charge is -2.28. The normalized spacial score (nSPS) is 16.1. The van der Waals surface area contributed by atoms with Crippen LogP contribution in [0.2, 0.25) is 0 Å². The van der Waals surface area contributed by atoms with Crippen molar-refractivity contribution in [3.63, 3.8) is 0 Å². The minimum absolute atomic E-state index is 0.0808. The van der Waals surface area contributed by atoms with E-state index in [4.69, 9.17) is 4.74 Å². The van der Waals surface area contributed by atoms with Crippen molar-refractivity contribution in [3.05, 3.63) is 18.0 Å². The fourth-order valence-electron chi connectivity index (χ4n) is 1.90. The zero-order valence-electron chi connectivity index (χ0n) is 10.9. The first-order valence-corrected chi connectivity index (χ1v) is 5.74. The largest absolute Gasteiger partial charge is 0.379 e. The molecule has 4 nitrogen and oxygen atoms in total. The molecule has 16 heavy (non-hydrogen) atoms. The zero-order valence-corrected chi connectivity index (χ0v) is 10.9. The Labute approximate surface area is 97.8 Å². The van der Waals surface area contributed by atoms with Crippen LogP contribution in [0, 0.1) is 0 Å². The van der Waals surface area contributed by atoms with Crippen LogP contribution >= 0.6 is 0 Å². The number of aromatic amines is 1. The summed E-state index contributed by atoms with van der Waals surface area (Å²) in [6.45, 7) is 8.53. The maximum Gasteiger partial charge on any atom is 0.0637 e. The summed E-state index contributed by atoms with van der Waals surface area (Å²) in [5.74, 6) is 0. The Morgan fingerprint density at radius 1 is 1.50 bits per heavy atom. The molecule has 0 aromatic carbocycles. The van der Waals surface area contributed by atoms with Crippen LogP contribution in [0.25, 0.3) is 0 Å². The van der Waals surface area contributed by atoms with Gasteiger partial charge in [0.25, 0.3) is 0 Å². The Morgan fingerprint density at radius 3 is 2.69 bits per heavy atom. The molecule has 0 aliphatic carbocycles. The minimum Gasteiger partial charge on any atom is -0.379 e. The van der Waals surface area contributed by atoms with E-state index in [0.717, 1.165) is 6.42 Å². The molecule has 2 N–H and O–H groups in total. The number of ether oxygens (including phenoxy) is 1. The molecule has 1 aromatic heterocycles. The molecule has 0 bridgehead atoms. The van der Waals surface area contributed by atoms with Crippen molar-refractivity contribution in [2.75, 3.05) is 7.11 Å². The van der Waals surface area contributed by atoms with Gasteiger partial charge < -0.3 is 10.1 Å². The highest BCUT2D eigenvalue weighted by atomic mass is 16.5. The van der Waals surface area contributed by atoms with Crippen molar-refractivity contribution in [1.82, 2.24) is 15.5 Å². The van der Waals surface area contributed by atoms with Gasteiger partial charge in [0.2, 0.25) is 0 Å². The zero-order chi connectivity index (χ0) is 12.2. The number of aromatic nitrogens is 2. The third-order valence-corrected chi connectivity index (χ3v) is 2.90. The lowest BCUT2D eigenvalue weighted by molar-refractivity contribution is 0.00782. The average molecular weight is 225 g/mol. The molecule has 2 atom stereocenters. The second kappa shape index (κ2) is 5.46. The van der Waals surface area contributed by atoms with Crippen LogP contribution < -0.4 is 5.32 Å². The third kappa shape index (κ3) is 3.94. The molecule has 1 heterocycles. The van der Waals surface area contributed by atoms with E-state index in [-0.39, 0.29) is 5.60 Å². The van der Waals surface area contributed by atoms with E-state index in [1.165, 1.54) is 5.56 Å². The predicted octanol–water partition coefficient (Wildman–Crippen LogP) is 2.26. The second-order valence-electron chi connectivity index (χ2n) is 4.99. The fourth-order valence-corrected chi connectivity index (χ4v) is 1.90. The molecular weight excluding hydrogens is 202 g/mol. The summed E-state index contributed by atoms with van der Waals surface area (Å²) >= 11 is 0. The van der Waals surface area contributed by atoms with Crippen LogP contribution in [-0.2, 0) is 4.74 Å². The Hall–Kier alpha value is -0.870. The summed E-state index contributed by atoms with van der Waals surface area (Å²) < 4.78 is 5.42. The van der Waals surface area contributed by atoms with Crippen LogP contribution in [0.15, 0.2) is 12.4 Å². The maximum absolute atomic E-state index is 5.42. The topological polar surface area (TPSA) is 49.9 Å². The molecule has 0 spiro atoms. The third-order valence-electron chi connectivity index (χ3n) is 2.90. The molecule has 0 saturated heterocycles. The summed E-state index contributed by atoms with van der Waals surface area (Å²) in [6.07, 6.45) is 4.75. The maximum atomic E-state index is 5.42. The van der Waals surface area contributed by atoms with E-state index < -0.39 is 0 Å². The van der Waals surface area contributed by atoms with E-state index in [2.05, 4.69) is 43.2 Å². The minimum atomic E-state index is -0.0808. The van der Waals surface area contributed by atoms with Gasteiger partial charge >= 0.3 is 0 Å². The number of rotatable bonds is 6. The second-order valence-corrected chi connectivity index (χ2v) is 4.99. The fraction of sp³-hybridized carbons (Fsp3) is 0.750. The standard InChI is InChI=1S/C12H23N3O/c1-9(6-12(3,4)16-5)15-10(2)11-7-13-14-8-11/h7-10,15H,6H2,1-5H3,(H,13,14). The molecule has 0 amide bonds. The van der Waals surface area contributed by atoms with Crippen molar-refractivity contribution in [3.8, 4) is 0 Å². The predicted molar refractivity (Wildman–Crippen MR) is 65.3 cm³/mol. The van der Waals surface area contributed by atoms with Gasteiger partial charge in [0.1, 0.15) is 0 Å². The summed E-state index contributed by atoms with van der Waals surface area (Å²) in [7, 11) is 1.76. The first-order valence-electron chi connectivity index (χ1n) is 5.74. The summed E-state index contributed by atoms with van der Waals surface area (Å²) in [6, 6.07) is 0.709. The number of nitrogens with one attached hydrogen (secondary N) is 2. The molecule has 0 saturated carbocycles. The molecule has 0 aliphatic heterocycles. The van der Waals surface area contributed by atoms with Gasteiger partial charge in [-0.1, -0.05) is 0 Å². The van der Waals surface area contributed by atoms with Gasteiger partial charge in [0.15, 0.2) is 0 Å². The van der Waals surface area contributed by atoms with Crippen molar-refractivity contribution in [2.24, 2.45) is 0 Å². The molecule has 4 heteroatoms. The number of methoxy groups -OCH3 is 1. The van der Waals surface area contributed by atoms with Crippen molar-refractivity contribution in [2.45, 2.75) is 51.8 Å². The van der Waals surface area contributed by atoms with Gasteiger partial charge in [-0.3, -0.25) is 5.10 Å². The van der Waals surface area contributed by atoms with Gasteiger partial charge in [0, 0.05) is 31.0 Å². The van der Waals surface area contributed by atoms with Crippen molar-refractivity contribution < 1.29 is 4.74 Å². The van der Waals surface area contributed by atoms with E-state index >= 15 is 0 Å². The van der Waals surface area contributed by atoms with E-state index in [1.54, 1.807) is 7.11 Å². The first kappa shape index (κ1) is 13.2. The van der Waals surface area contributed by atoms with Crippen LogP contribution in [-0.4, -0.2) is 29.0 Å². The van der Waals surface area contributed by atoms with Crippen LogP contribution in [0.5, 0.6) is 0 Å². The smallest absolute Gasteiger partial charge is 0.0637 e. The lowest BCUT2D eigenvalue weighted by atomic mass is 9.99. The van der Waals surface area contributed by atoms with Crippen molar-refractivity contribution in [1.29, 1.82) is 0 Å². The molecule has 2 unspecified atom stereocenters. The number of H-pyrrole nitrogens is 1. The molecule has 92 valence electrons. The molecule has 0 fully saturated rings. The lowest BCUT2D eigenvalue weighted by Crippen LogP contribution is -2.36. The molecule has 1 rings (SSSR count). The van der Waals surface area contributed by atoms with Crippen LogP contribution in [0.3, 0.4) is 0 Å². The number of hydrogen-bond donors (Lipinski definition) is 2. The van der Waals surface area contributed by atoms with Gasteiger partial charge in [-0.05, 0) is 34.1 Å². The van der Waals surface area contributed by atoms with Crippen LogP contribution in [0.4, 0.5) is 0 Å². The van der Waals surface area contributed by atoms with E-state index in [9.17, 15) is 0 Å². The average Bonchev–Trinajstić information content (AvgIpc) is 2.69. The van der Waals surface area contributed by atoms with Gasteiger partial charge in [0.05, 0.1) is 11.8 Å². The molecule has 1 aromatic rings.